The van der Waals surface area contributed by atoms with E-state index in [0.29, 0.717) is 10.0 Å². The lowest BCUT2D eigenvalue weighted by Crippen LogP contribution is -2.31. The van der Waals surface area contributed by atoms with Crippen molar-refractivity contribution in [2.45, 2.75) is 6.92 Å². The number of rotatable bonds is 2. The summed E-state index contributed by atoms with van der Waals surface area (Å²) >= 11 is 18.0. The third kappa shape index (κ3) is 2.67. The van der Waals surface area contributed by atoms with Gasteiger partial charge in [0.15, 0.2) is 5.76 Å². The van der Waals surface area contributed by atoms with E-state index in [0.717, 1.165) is 10.5 Å². The number of nitrogens with zero attached hydrogens (tertiary/aromatic N) is 1. The Morgan fingerprint density at radius 3 is 2.25 bits per heavy atom. The van der Waals surface area contributed by atoms with E-state index in [1.807, 2.05) is 0 Å². The normalized spacial score (nSPS) is 14.8. The van der Waals surface area contributed by atoms with E-state index in [4.69, 9.17) is 34.8 Å². The molecule has 1 heterocycles. The molecule has 2 aromatic carbocycles. The lowest BCUT2D eigenvalue weighted by Gasteiger charge is -2.15. The summed E-state index contributed by atoms with van der Waals surface area (Å²) in [5.74, 6) is -2.18. The molecule has 0 unspecified atom stereocenters. The first-order chi connectivity index (χ1) is 11.3. The maximum absolute atomic E-state index is 12.7. The fraction of sp³-hybridized carbons (Fsp3) is 0.0588. The van der Waals surface area contributed by atoms with Crippen molar-refractivity contribution >= 4 is 57.9 Å². The summed E-state index contributed by atoms with van der Waals surface area (Å²) < 4.78 is 0. The SMILES string of the molecule is Cc1ccc(N2C(=O)C(O)=C(c3ccc(Cl)cc3Cl)C2=O)cc1Cl. The van der Waals surface area contributed by atoms with Crippen LogP contribution in [0, 0.1) is 6.92 Å². The van der Waals surface area contributed by atoms with E-state index in [-0.39, 0.29) is 21.8 Å². The number of aryl methyl sites for hydroxylation is 1. The van der Waals surface area contributed by atoms with E-state index < -0.39 is 17.6 Å². The molecule has 0 atom stereocenters. The molecule has 0 aliphatic carbocycles. The van der Waals surface area contributed by atoms with E-state index in [9.17, 15) is 14.7 Å². The molecule has 0 bridgehead atoms. The topological polar surface area (TPSA) is 57.6 Å². The first kappa shape index (κ1) is 16.8. The highest BCUT2D eigenvalue weighted by Crippen LogP contribution is 2.36. The van der Waals surface area contributed by atoms with Gasteiger partial charge in [-0.2, -0.15) is 0 Å². The van der Waals surface area contributed by atoms with Crippen molar-refractivity contribution < 1.29 is 14.7 Å². The fourth-order valence-electron chi connectivity index (χ4n) is 2.41. The molecule has 0 aromatic heterocycles. The van der Waals surface area contributed by atoms with Gasteiger partial charge < -0.3 is 5.11 Å². The number of aliphatic hydroxyl groups excluding tert-OH is 1. The van der Waals surface area contributed by atoms with Crippen LogP contribution in [-0.4, -0.2) is 16.9 Å². The number of aliphatic hydroxyl groups is 1. The van der Waals surface area contributed by atoms with Crippen LogP contribution in [0.25, 0.3) is 5.57 Å². The maximum Gasteiger partial charge on any atom is 0.301 e. The second-order valence-electron chi connectivity index (χ2n) is 5.23. The monoisotopic (exact) mass is 381 g/mol. The Labute approximate surface area is 152 Å². The summed E-state index contributed by atoms with van der Waals surface area (Å²) in [6.45, 7) is 1.80. The van der Waals surface area contributed by atoms with Gasteiger partial charge in [-0.25, -0.2) is 4.90 Å². The number of amides is 2. The first-order valence-electron chi connectivity index (χ1n) is 6.85. The lowest BCUT2D eigenvalue weighted by molar-refractivity contribution is -0.121. The fourth-order valence-corrected chi connectivity index (χ4v) is 3.09. The van der Waals surface area contributed by atoms with Gasteiger partial charge in [0.1, 0.15) is 0 Å². The minimum absolute atomic E-state index is 0.161. The van der Waals surface area contributed by atoms with Crippen LogP contribution in [-0.2, 0) is 9.59 Å². The Morgan fingerprint density at radius 1 is 0.917 bits per heavy atom. The van der Waals surface area contributed by atoms with Gasteiger partial charge >= 0.3 is 5.91 Å². The predicted molar refractivity (Wildman–Crippen MR) is 94.7 cm³/mol. The van der Waals surface area contributed by atoms with E-state index in [2.05, 4.69) is 0 Å². The molecule has 1 N–H and O–H groups in total. The zero-order chi connectivity index (χ0) is 17.6. The summed E-state index contributed by atoms with van der Waals surface area (Å²) in [6, 6.07) is 9.19. The Bertz CT molecular complexity index is 921. The third-order valence-corrected chi connectivity index (χ3v) is 4.63. The molecule has 2 aromatic rings. The number of hydrogen-bond acceptors (Lipinski definition) is 3. The smallest absolute Gasteiger partial charge is 0.301 e. The van der Waals surface area contributed by atoms with Crippen LogP contribution in [0.15, 0.2) is 42.2 Å². The minimum atomic E-state index is -0.832. The molecule has 122 valence electrons. The van der Waals surface area contributed by atoms with Gasteiger partial charge in [0, 0.05) is 15.6 Å². The Balaban J connectivity index is 2.09. The summed E-state index contributed by atoms with van der Waals surface area (Å²) in [5.41, 5.74) is 1.14. The number of imide groups is 1. The van der Waals surface area contributed by atoms with Crippen molar-refractivity contribution in [2.24, 2.45) is 0 Å². The largest absolute Gasteiger partial charge is 0.502 e. The summed E-state index contributed by atoms with van der Waals surface area (Å²) in [5, 5.41) is 11.1. The third-order valence-electron chi connectivity index (χ3n) is 3.67. The van der Waals surface area contributed by atoms with E-state index in [1.165, 1.54) is 24.3 Å². The Morgan fingerprint density at radius 2 is 1.62 bits per heavy atom. The molecule has 2 amide bonds. The summed E-state index contributed by atoms with van der Waals surface area (Å²) in [4.78, 5) is 25.9. The van der Waals surface area contributed by atoms with Crippen LogP contribution in [0.2, 0.25) is 15.1 Å². The zero-order valence-electron chi connectivity index (χ0n) is 12.3. The molecular formula is C17H10Cl3NO3. The van der Waals surface area contributed by atoms with Crippen LogP contribution < -0.4 is 4.90 Å². The summed E-state index contributed by atoms with van der Waals surface area (Å²) in [7, 11) is 0. The van der Waals surface area contributed by atoms with Gasteiger partial charge in [-0.1, -0.05) is 46.9 Å². The standard InChI is InChI=1S/C17H10Cl3NO3/c1-8-2-4-10(7-12(8)19)21-16(23)14(15(22)17(21)24)11-5-3-9(18)6-13(11)20/h2-7,22H,1H3. The number of benzene rings is 2. The summed E-state index contributed by atoms with van der Waals surface area (Å²) in [6.07, 6.45) is 0. The molecule has 24 heavy (non-hydrogen) atoms. The van der Waals surface area contributed by atoms with Crippen LogP contribution >= 0.6 is 34.8 Å². The minimum Gasteiger partial charge on any atom is -0.502 e. The Hall–Kier alpha value is -2.01. The molecule has 3 rings (SSSR count). The molecule has 1 aliphatic rings. The highest BCUT2D eigenvalue weighted by Gasteiger charge is 2.41. The number of carbonyl (C=O) groups excluding carboxylic acids is 2. The molecule has 0 saturated heterocycles. The van der Waals surface area contributed by atoms with Crippen LogP contribution in [0.4, 0.5) is 5.69 Å². The Kier molecular flexibility index (Phi) is 4.30. The van der Waals surface area contributed by atoms with Crippen molar-refractivity contribution in [3.05, 3.63) is 68.4 Å². The highest BCUT2D eigenvalue weighted by molar-refractivity contribution is 6.47. The highest BCUT2D eigenvalue weighted by atomic mass is 35.5. The van der Waals surface area contributed by atoms with Crippen LogP contribution in [0.1, 0.15) is 11.1 Å². The number of anilines is 1. The average Bonchev–Trinajstić information content (AvgIpc) is 2.73. The average molecular weight is 383 g/mol. The van der Waals surface area contributed by atoms with Crippen LogP contribution in [0.3, 0.4) is 0 Å². The maximum atomic E-state index is 12.7. The van der Waals surface area contributed by atoms with E-state index in [1.54, 1.807) is 19.1 Å². The molecule has 0 fully saturated rings. The lowest BCUT2D eigenvalue weighted by atomic mass is 10.1. The first-order valence-corrected chi connectivity index (χ1v) is 7.98. The van der Waals surface area contributed by atoms with Gasteiger partial charge in [-0.15, -0.1) is 0 Å². The molecule has 0 spiro atoms. The van der Waals surface area contributed by atoms with Gasteiger partial charge in [-0.05, 0) is 36.8 Å². The second-order valence-corrected chi connectivity index (χ2v) is 6.48. The van der Waals surface area contributed by atoms with Crippen molar-refractivity contribution in [3.63, 3.8) is 0 Å². The molecule has 0 radical (unpaired) electrons. The predicted octanol–water partition coefficient (Wildman–Crippen LogP) is 4.80. The molecular weight excluding hydrogens is 373 g/mol. The second kappa shape index (κ2) is 6.13. The quantitative estimate of drug-likeness (QED) is 0.759. The van der Waals surface area contributed by atoms with Crippen molar-refractivity contribution in [3.8, 4) is 0 Å². The number of hydrogen-bond donors (Lipinski definition) is 1. The van der Waals surface area contributed by atoms with Crippen LogP contribution in [0.5, 0.6) is 0 Å². The van der Waals surface area contributed by atoms with Gasteiger partial charge in [0.25, 0.3) is 5.91 Å². The van der Waals surface area contributed by atoms with Gasteiger partial charge in [0.05, 0.1) is 16.3 Å². The molecule has 7 heteroatoms. The van der Waals surface area contributed by atoms with Gasteiger partial charge in [-0.3, -0.25) is 9.59 Å². The molecule has 4 nitrogen and oxygen atoms in total. The van der Waals surface area contributed by atoms with Crippen molar-refractivity contribution in [1.29, 1.82) is 0 Å². The molecule has 1 aliphatic heterocycles. The van der Waals surface area contributed by atoms with Crippen molar-refractivity contribution in [1.82, 2.24) is 0 Å². The molecule has 0 saturated carbocycles. The van der Waals surface area contributed by atoms with Gasteiger partial charge in [0.2, 0.25) is 0 Å². The van der Waals surface area contributed by atoms with Crippen molar-refractivity contribution in [2.75, 3.05) is 4.90 Å². The number of halogens is 3. The number of carbonyl (C=O) groups is 2. The zero-order valence-corrected chi connectivity index (χ0v) is 14.6. The van der Waals surface area contributed by atoms with E-state index >= 15 is 0 Å².